The van der Waals surface area contributed by atoms with Crippen LogP contribution in [0, 0.1) is 5.82 Å². The Balaban J connectivity index is 2.02. The molecule has 0 saturated heterocycles. The maximum Gasteiger partial charge on any atom is 0.165 e. The van der Waals surface area contributed by atoms with Gasteiger partial charge < -0.3 is 4.74 Å². The fourth-order valence-electron chi connectivity index (χ4n) is 1.27. The van der Waals surface area contributed by atoms with E-state index in [1.807, 2.05) is 13.2 Å². The first kappa shape index (κ1) is 9.71. The van der Waals surface area contributed by atoms with Crippen molar-refractivity contribution in [1.82, 2.24) is 9.78 Å². The number of aryl methyl sites for hydroxylation is 1. The van der Waals surface area contributed by atoms with Crippen LogP contribution in [0.5, 0.6) is 5.75 Å². The van der Waals surface area contributed by atoms with Crippen molar-refractivity contribution in [3.05, 3.63) is 48.0 Å². The Bertz CT molecular complexity index is 453. The van der Waals surface area contributed by atoms with Gasteiger partial charge in [-0.1, -0.05) is 12.1 Å². The van der Waals surface area contributed by atoms with E-state index in [0.717, 1.165) is 5.56 Å². The van der Waals surface area contributed by atoms with Crippen LogP contribution in [0.25, 0.3) is 0 Å². The highest BCUT2D eigenvalue weighted by Gasteiger charge is 2.02. The Morgan fingerprint density at radius 3 is 2.87 bits per heavy atom. The zero-order chi connectivity index (χ0) is 10.7. The van der Waals surface area contributed by atoms with Crippen molar-refractivity contribution < 1.29 is 9.13 Å². The number of rotatable bonds is 3. The average molecular weight is 206 g/mol. The van der Waals surface area contributed by atoms with Crippen molar-refractivity contribution in [3.63, 3.8) is 0 Å². The lowest BCUT2D eigenvalue weighted by atomic mass is 10.3. The third-order valence-corrected chi connectivity index (χ3v) is 1.99. The molecule has 2 rings (SSSR count). The number of hydrogen-bond acceptors (Lipinski definition) is 2. The highest BCUT2D eigenvalue weighted by Crippen LogP contribution is 2.16. The monoisotopic (exact) mass is 206 g/mol. The molecule has 4 heteroatoms. The molecular formula is C11H11FN2O. The maximum absolute atomic E-state index is 13.2. The molecule has 0 saturated carbocycles. The molecule has 0 bridgehead atoms. The molecular weight excluding hydrogens is 195 g/mol. The molecule has 0 N–H and O–H groups in total. The van der Waals surface area contributed by atoms with E-state index in [9.17, 15) is 4.39 Å². The number of ether oxygens (including phenoxy) is 1. The van der Waals surface area contributed by atoms with E-state index in [-0.39, 0.29) is 11.6 Å². The molecule has 2 aromatic rings. The molecule has 0 aliphatic carbocycles. The van der Waals surface area contributed by atoms with E-state index in [4.69, 9.17) is 4.74 Å². The van der Waals surface area contributed by atoms with Gasteiger partial charge in [0.25, 0.3) is 0 Å². The molecule has 0 atom stereocenters. The number of nitrogens with zero attached hydrogens (tertiary/aromatic N) is 2. The van der Waals surface area contributed by atoms with Crippen molar-refractivity contribution in [2.45, 2.75) is 6.61 Å². The van der Waals surface area contributed by atoms with E-state index in [1.54, 1.807) is 29.1 Å². The van der Waals surface area contributed by atoms with Gasteiger partial charge in [0.05, 0.1) is 6.20 Å². The molecule has 0 amide bonds. The second kappa shape index (κ2) is 4.13. The Kier molecular flexibility index (Phi) is 2.67. The molecule has 0 radical (unpaired) electrons. The summed E-state index contributed by atoms with van der Waals surface area (Å²) >= 11 is 0. The summed E-state index contributed by atoms with van der Waals surface area (Å²) in [6, 6.07) is 6.35. The Morgan fingerprint density at radius 2 is 2.20 bits per heavy atom. The molecule has 0 unspecified atom stereocenters. The molecule has 1 aromatic carbocycles. The fraction of sp³-hybridized carbons (Fsp3) is 0.182. The number of benzene rings is 1. The van der Waals surface area contributed by atoms with Crippen molar-refractivity contribution in [1.29, 1.82) is 0 Å². The average Bonchev–Trinajstić information content (AvgIpc) is 2.63. The second-order valence-corrected chi connectivity index (χ2v) is 3.24. The molecule has 0 spiro atoms. The zero-order valence-electron chi connectivity index (χ0n) is 8.35. The normalized spacial score (nSPS) is 10.3. The number of halogens is 1. The Hall–Kier alpha value is -1.84. The standard InChI is InChI=1S/C11H11FN2O/c1-14-7-9(6-13-14)8-15-11-5-3-2-4-10(11)12/h2-7H,8H2,1H3. The smallest absolute Gasteiger partial charge is 0.165 e. The first-order valence-corrected chi connectivity index (χ1v) is 4.60. The van der Waals surface area contributed by atoms with Crippen LogP contribution in [0.1, 0.15) is 5.56 Å². The van der Waals surface area contributed by atoms with Crippen LogP contribution in [0.3, 0.4) is 0 Å². The molecule has 0 fully saturated rings. The molecule has 78 valence electrons. The Labute approximate surface area is 87.1 Å². The van der Waals surface area contributed by atoms with Crippen LogP contribution in [0.15, 0.2) is 36.7 Å². The quantitative estimate of drug-likeness (QED) is 0.769. The van der Waals surface area contributed by atoms with E-state index >= 15 is 0 Å². The topological polar surface area (TPSA) is 27.1 Å². The Morgan fingerprint density at radius 1 is 1.40 bits per heavy atom. The van der Waals surface area contributed by atoms with Crippen LogP contribution in [-0.2, 0) is 13.7 Å². The fourth-order valence-corrected chi connectivity index (χ4v) is 1.27. The van der Waals surface area contributed by atoms with Gasteiger partial charge in [0.2, 0.25) is 0 Å². The molecule has 0 aliphatic rings. The summed E-state index contributed by atoms with van der Waals surface area (Å²) in [5.41, 5.74) is 0.917. The van der Waals surface area contributed by atoms with Gasteiger partial charge in [-0.2, -0.15) is 5.10 Å². The SMILES string of the molecule is Cn1cc(COc2ccccc2F)cn1. The van der Waals surface area contributed by atoms with Gasteiger partial charge in [0, 0.05) is 18.8 Å². The van der Waals surface area contributed by atoms with Crippen LogP contribution < -0.4 is 4.74 Å². The van der Waals surface area contributed by atoms with Gasteiger partial charge in [-0.05, 0) is 12.1 Å². The minimum absolute atomic E-state index is 0.265. The van der Waals surface area contributed by atoms with Crippen molar-refractivity contribution in [2.24, 2.45) is 7.05 Å². The van der Waals surface area contributed by atoms with Gasteiger partial charge in [-0.15, -0.1) is 0 Å². The molecule has 1 heterocycles. The third-order valence-electron chi connectivity index (χ3n) is 1.99. The van der Waals surface area contributed by atoms with Gasteiger partial charge in [-0.3, -0.25) is 4.68 Å². The van der Waals surface area contributed by atoms with E-state index in [0.29, 0.717) is 6.61 Å². The number of hydrogen-bond donors (Lipinski definition) is 0. The zero-order valence-corrected chi connectivity index (χ0v) is 8.35. The summed E-state index contributed by atoms with van der Waals surface area (Å²) in [6.07, 6.45) is 3.53. The maximum atomic E-state index is 13.2. The summed E-state index contributed by atoms with van der Waals surface area (Å²) in [4.78, 5) is 0. The highest BCUT2D eigenvalue weighted by molar-refractivity contribution is 5.24. The van der Waals surface area contributed by atoms with Crippen LogP contribution >= 0.6 is 0 Å². The molecule has 15 heavy (non-hydrogen) atoms. The second-order valence-electron chi connectivity index (χ2n) is 3.24. The summed E-state index contributed by atoms with van der Waals surface area (Å²) in [5, 5.41) is 3.99. The van der Waals surface area contributed by atoms with Gasteiger partial charge in [0.15, 0.2) is 11.6 Å². The van der Waals surface area contributed by atoms with Crippen LogP contribution in [0.2, 0.25) is 0 Å². The molecule has 0 aliphatic heterocycles. The largest absolute Gasteiger partial charge is 0.486 e. The minimum atomic E-state index is -0.346. The predicted molar refractivity (Wildman–Crippen MR) is 53.9 cm³/mol. The van der Waals surface area contributed by atoms with E-state index in [2.05, 4.69) is 5.10 Å². The first-order valence-electron chi connectivity index (χ1n) is 4.60. The van der Waals surface area contributed by atoms with Gasteiger partial charge >= 0.3 is 0 Å². The van der Waals surface area contributed by atoms with Crippen molar-refractivity contribution >= 4 is 0 Å². The highest BCUT2D eigenvalue weighted by atomic mass is 19.1. The minimum Gasteiger partial charge on any atom is -0.486 e. The van der Waals surface area contributed by atoms with Crippen molar-refractivity contribution in [2.75, 3.05) is 0 Å². The molecule has 1 aromatic heterocycles. The lowest BCUT2D eigenvalue weighted by Crippen LogP contribution is -1.96. The number of aromatic nitrogens is 2. The van der Waals surface area contributed by atoms with E-state index in [1.165, 1.54) is 6.07 Å². The summed E-state index contributed by atoms with van der Waals surface area (Å²) in [5.74, 6) is -0.0808. The lowest BCUT2D eigenvalue weighted by molar-refractivity contribution is 0.290. The van der Waals surface area contributed by atoms with Gasteiger partial charge in [0.1, 0.15) is 6.61 Å². The molecule has 3 nitrogen and oxygen atoms in total. The third kappa shape index (κ3) is 2.34. The van der Waals surface area contributed by atoms with Crippen molar-refractivity contribution in [3.8, 4) is 5.75 Å². The summed E-state index contributed by atoms with van der Waals surface area (Å²) in [7, 11) is 1.83. The van der Waals surface area contributed by atoms with Crippen LogP contribution in [0.4, 0.5) is 4.39 Å². The van der Waals surface area contributed by atoms with E-state index < -0.39 is 0 Å². The summed E-state index contributed by atoms with van der Waals surface area (Å²) < 4.78 is 20.1. The predicted octanol–water partition coefficient (Wildman–Crippen LogP) is 2.14. The first-order chi connectivity index (χ1) is 7.25. The van der Waals surface area contributed by atoms with Crippen LogP contribution in [-0.4, -0.2) is 9.78 Å². The summed E-state index contributed by atoms with van der Waals surface area (Å²) in [6.45, 7) is 0.328. The number of para-hydroxylation sites is 1. The van der Waals surface area contributed by atoms with Gasteiger partial charge in [-0.25, -0.2) is 4.39 Å². The lowest BCUT2D eigenvalue weighted by Gasteiger charge is -2.04.